The van der Waals surface area contributed by atoms with E-state index < -0.39 is 0 Å². The summed E-state index contributed by atoms with van der Waals surface area (Å²) in [6, 6.07) is 5.64. The van der Waals surface area contributed by atoms with E-state index in [1.165, 1.54) is 0 Å². The summed E-state index contributed by atoms with van der Waals surface area (Å²) in [5.74, 6) is 2.68. The fourth-order valence-corrected chi connectivity index (χ4v) is 2.34. The first-order valence-electron chi connectivity index (χ1n) is 6.39. The lowest BCUT2D eigenvalue weighted by atomic mass is 10.1. The number of thioether (sulfide) groups is 1. The van der Waals surface area contributed by atoms with Gasteiger partial charge in [0, 0.05) is 0 Å². The number of rotatable bonds is 6. The Bertz CT molecular complexity index is 571. The molecule has 0 radical (unpaired) electrons. The molecule has 0 bridgehead atoms. The third kappa shape index (κ3) is 3.32. The van der Waals surface area contributed by atoms with Crippen LogP contribution in [0.4, 0.5) is 0 Å². The second kappa shape index (κ2) is 6.76. The summed E-state index contributed by atoms with van der Waals surface area (Å²) < 4.78 is 10.6. The van der Waals surface area contributed by atoms with Crippen LogP contribution in [0.2, 0.25) is 0 Å². The molecule has 2 N–H and O–H groups in total. The zero-order chi connectivity index (χ0) is 14.5. The first-order valence-corrected chi connectivity index (χ1v) is 7.78. The summed E-state index contributed by atoms with van der Waals surface area (Å²) in [4.78, 5) is 4.38. The van der Waals surface area contributed by atoms with E-state index in [-0.39, 0.29) is 6.04 Å². The minimum Gasteiger partial charge on any atom is -0.496 e. The van der Waals surface area contributed by atoms with Crippen LogP contribution in [0.1, 0.15) is 23.9 Å². The molecule has 0 unspecified atom stereocenters. The van der Waals surface area contributed by atoms with Crippen molar-refractivity contribution in [1.29, 1.82) is 0 Å². The molecular formula is C14H19N3O2S. The van der Waals surface area contributed by atoms with Crippen molar-refractivity contribution in [2.75, 3.05) is 19.1 Å². The van der Waals surface area contributed by atoms with E-state index in [0.717, 1.165) is 29.1 Å². The lowest BCUT2D eigenvalue weighted by molar-refractivity contribution is 0.352. The molecule has 0 aliphatic carbocycles. The van der Waals surface area contributed by atoms with Gasteiger partial charge in [-0.05, 0) is 43.0 Å². The number of benzene rings is 1. The molecule has 108 valence electrons. The summed E-state index contributed by atoms with van der Waals surface area (Å²) >= 11 is 1.75. The molecular weight excluding hydrogens is 274 g/mol. The highest BCUT2D eigenvalue weighted by molar-refractivity contribution is 7.98. The number of nitrogens with zero attached hydrogens (tertiary/aromatic N) is 2. The van der Waals surface area contributed by atoms with Crippen LogP contribution in [-0.4, -0.2) is 29.3 Å². The number of hydrogen-bond acceptors (Lipinski definition) is 6. The Kier molecular flexibility index (Phi) is 5.03. The molecule has 0 spiro atoms. The fourth-order valence-electron chi connectivity index (χ4n) is 1.85. The van der Waals surface area contributed by atoms with Gasteiger partial charge in [0.1, 0.15) is 5.75 Å². The molecule has 6 heteroatoms. The molecule has 0 saturated heterocycles. The number of aryl methyl sites for hydroxylation is 1. The molecule has 0 fully saturated rings. The summed E-state index contributed by atoms with van der Waals surface area (Å²) in [6.07, 6.45) is 2.86. The van der Waals surface area contributed by atoms with Crippen molar-refractivity contribution < 1.29 is 9.26 Å². The predicted molar refractivity (Wildman–Crippen MR) is 81.0 cm³/mol. The number of aromatic nitrogens is 2. The largest absolute Gasteiger partial charge is 0.496 e. The first-order chi connectivity index (χ1) is 9.65. The van der Waals surface area contributed by atoms with Crippen molar-refractivity contribution in [3.8, 4) is 17.1 Å². The van der Waals surface area contributed by atoms with Gasteiger partial charge in [0.2, 0.25) is 11.7 Å². The molecule has 1 heterocycles. The highest BCUT2D eigenvalue weighted by atomic mass is 32.2. The number of methoxy groups -OCH3 is 1. The van der Waals surface area contributed by atoms with Gasteiger partial charge >= 0.3 is 0 Å². The first kappa shape index (κ1) is 14.9. The van der Waals surface area contributed by atoms with Crippen LogP contribution in [0.25, 0.3) is 11.4 Å². The van der Waals surface area contributed by atoms with Crippen LogP contribution in [0, 0.1) is 6.92 Å². The van der Waals surface area contributed by atoms with Crippen molar-refractivity contribution in [2.45, 2.75) is 19.4 Å². The molecule has 0 aliphatic heterocycles. The Balaban J connectivity index is 2.24. The van der Waals surface area contributed by atoms with Crippen molar-refractivity contribution in [3.63, 3.8) is 0 Å². The van der Waals surface area contributed by atoms with Gasteiger partial charge in [-0.25, -0.2) is 0 Å². The zero-order valence-electron chi connectivity index (χ0n) is 11.9. The Hall–Kier alpha value is -1.53. The summed E-state index contributed by atoms with van der Waals surface area (Å²) in [6.45, 7) is 2.01. The zero-order valence-corrected chi connectivity index (χ0v) is 12.7. The molecule has 5 nitrogen and oxygen atoms in total. The number of nitrogens with two attached hydrogens (primary N) is 1. The van der Waals surface area contributed by atoms with Crippen molar-refractivity contribution >= 4 is 11.8 Å². The summed E-state index contributed by atoms with van der Waals surface area (Å²) in [7, 11) is 1.63. The smallest absolute Gasteiger partial charge is 0.243 e. The van der Waals surface area contributed by atoms with Crippen molar-refractivity contribution in [1.82, 2.24) is 10.1 Å². The van der Waals surface area contributed by atoms with Gasteiger partial charge in [-0.15, -0.1) is 0 Å². The SMILES string of the molecule is COc1cc(C)ccc1-c1noc([C@H](N)CCSC)n1. The molecule has 0 amide bonds. The minimum absolute atomic E-state index is 0.222. The second-order valence-corrected chi connectivity index (χ2v) is 5.53. The van der Waals surface area contributed by atoms with Gasteiger partial charge in [0.15, 0.2) is 0 Å². The van der Waals surface area contributed by atoms with E-state index in [0.29, 0.717) is 11.7 Å². The molecule has 1 aromatic carbocycles. The maximum absolute atomic E-state index is 6.03. The van der Waals surface area contributed by atoms with Crippen LogP contribution < -0.4 is 10.5 Å². The maximum atomic E-state index is 6.03. The quantitative estimate of drug-likeness (QED) is 0.882. The average Bonchev–Trinajstić information content (AvgIpc) is 2.94. The summed E-state index contributed by atoms with van der Waals surface area (Å²) in [5.41, 5.74) is 7.95. The third-order valence-electron chi connectivity index (χ3n) is 2.99. The lowest BCUT2D eigenvalue weighted by Gasteiger charge is -2.06. The molecule has 0 saturated carbocycles. The third-order valence-corrected chi connectivity index (χ3v) is 3.63. The Morgan fingerprint density at radius 3 is 2.95 bits per heavy atom. The summed E-state index contributed by atoms with van der Waals surface area (Å²) in [5, 5.41) is 4.00. The standard InChI is InChI=1S/C14H19N3O2S/c1-9-4-5-10(12(8-9)18-2)13-16-14(19-17-13)11(15)6-7-20-3/h4-5,8,11H,6-7,15H2,1-3H3/t11-/m1/s1. The molecule has 20 heavy (non-hydrogen) atoms. The van der Waals surface area contributed by atoms with Gasteiger partial charge in [0.05, 0.1) is 18.7 Å². The van der Waals surface area contributed by atoms with Crippen LogP contribution in [-0.2, 0) is 0 Å². The van der Waals surface area contributed by atoms with Crippen LogP contribution >= 0.6 is 11.8 Å². The van der Waals surface area contributed by atoms with E-state index in [1.807, 2.05) is 31.4 Å². The van der Waals surface area contributed by atoms with Crippen LogP contribution in [0.15, 0.2) is 22.7 Å². The normalized spacial score (nSPS) is 12.4. The predicted octanol–water partition coefficient (Wildman–Crippen LogP) is 2.81. The van der Waals surface area contributed by atoms with Gasteiger partial charge in [-0.1, -0.05) is 11.2 Å². The van der Waals surface area contributed by atoms with E-state index in [2.05, 4.69) is 10.1 Å². The van der Waals surface area contributed by atoms with Crippen molar-refractivity contribution in [3.05, 3.63) is 29.7 Å². The molecule has 0 aliphatic rings. The second-order valence-electron chi connectivity index (χ2n) is 4.55. The average molecular weight is 293 g/mol. The Labute approximate surface area is 122 Å². The molecule has 1 atom stereocenters. The lowest BCUT2D eigenvalue weighted by Crippen LogP contribution is -2.11. The highest BCUT2D eigenvalue weighted by Gasteiger charge is 2.17. The minimum atomic E-state index is -0.222. The Morgan fingerprint density at radius 1 is 1.45 bits per heavy atom. The molecule has 2 aromatic rings. The van der Waals surface area contributed by atoms with Gasteiger partial charge in [-0.3, -0.25) is 0 Å². The van der Waals surface area contributed by atoms with E-state index in [9.17, 15) is 0 Å². The van der Waals surface area contributed by atoms with Gasteiger partial charge in [0.25, 0.3) is 0 Å². The monoisotopic (exact) mass is 293 g/mol. The topological polar surface area (TPSA) is 74.2 Å². The van der Waals surface area contributed by atoms with E-state index >= 15 is 0 Å². The van der Waals surface area contributed by atoms with Crippen LogP contribution in [0.5, 0.6) is 5.75 Å². The fraction of sp³-hybridized carbons (Fsp3) is 0.429. The highest BCUT2D eigenvalue weighted by Crippen LogP contribution is 2.29. The van der Waals surface area contributed by atoms with E-state index in [1.54, 1.807) is 18.9 Å². The van der Waals surface area contributed by atoms with Gasteiger partial charge < -0.3 is 15.0 Å². The van der Waals surface area contributed by atoms with Gasteiger partial charge in [-0.2, -0.15) is 16.7 Å². The van der Waals surface area contributed by atoms with E-state index in [4.69, 9.17) is 15.0 Å². The molecule has 2 rings (SSSR count). The number of hydrogen-bond donors (Lipinski definition) is 1. The maximum Gasteiger partial charge on any atom is 0.243 e. The Morgan fingerprint density at radius 2 is 2.25 bits per heavy atom. The van der Waals surface area contributed by atoms with Crippen molar-refractivity contribution in [2.24, 2.45) is 5.73 Å². The van der Waals surface area contributed by atoms with Crippen LogP contribution in [0.3, 0.4) is 0 Å². The number of ether oxygens (including phenoxy) is 1. The molecule has 1 aromatic heterocycles.